The largest absolute Gasteiger partial charge is 0.481 e. The number of hydrogen-bond acceptors (Lipinski definition) is 2. The van der Waals surface area contributed by atoms with E-state index in [4.69, 9.17) is 5.11 Å². The van der Waals surface area contributed by atoms with E-state index in [1.54, 1.807) is 0 Å². The van der Waals surface area contributed by atoms with Gasteiger partial charge in [0.2, 0.25) is 0 Å². The summed E-state index contributed by atoms with van der Waals surface area (Å²) < 4.78 is 0. The van der Waals surface area contributed by atoms with E-state index >= 15 is 0 Å². The second-order valence-corrected chi connectivity index (χ2v) is 4.58. The number of H-pyrrole nitrogens is 1. The van der Waals surface area contributed by atoms with Crippen LogP contribution in [0.3, 0.4) is 0 Å². The van der Waals surface area contributed by atoms with Crippen molar-refractivity contribution in [2.45, 2.75) is 27.2 Å². The lowest BCUT2D eigenvalue weighted by Gasteiger charge is -2.11. The Balaban J connectivity index is 2.89. The van der Waals surface area contributed by atoms with Crippen LogP contribution in [0.15, 0.2) is 16.9 Å². The topological polar surface area (TPSA) is 70.2 Å². The van der Waals surface area contributed by atoms with E-state index in [-0.39, 0.29) is 12.0 Å². The molecule has 0 bridgehead atoms. The van der Waals surface area contributed by atoms with Crippen LogP contribution in [-0.4, -0.2) is 16.1 Å². The number of aromatic amines is 1. The number of aliphatic carboxylic acids is 1. The monoisotopic (exact) mass is 245 g/mol. The summed E-state index contributed by atoms with van der Waals surface area (Å²) in [4.78, 5) is 25.5. The third-order valence-electron chi connectivity index (χ3n) is 3.29. The molecule has 0 unspecified atom stereocenters. The molecule has 4 heteroatoms. The second kappa shape index (κ2) is 4.29. The summed E-state index contributed by atoms with van der Waals surface area (Å²) in [6, 6.07) is 3.93. The Bertz CT molecular complexity index is 698. The molecule has 18 heavy (non-hydrogen) atoms. The molecule has 0 aliphatic rings. The van der Waals surface area contributed by atoms with Gasteiger partial charge < -0.3 is 10.1 Å². The molecule has 0 saturated carbocycles. The smallest absolute Gasteiger partial charge is 0.308 e. The van der Waals surface area contributed by atoms with Crippen molar-refractivity contribution in [3.05, 3.63) is 44.7 Å². The van der Waals surface area contributed by atoms with Gasteiger partial charge in [-0.25, -0.2) is 0 Å². The molecule has 2 N–H and O–H groups in total. The van der Waals surface area contributed by atoms with Crippen LogP contribution in [0.2, 0.25) is 0 Å². The maximum atomic E-state index is 11.9. The molecule has 0 spiro atoms. The number of nitrogens with one attached hydrogen (secondary N) is 1. The molecule has 0 fully saturated rings. The number of aromatic nitrogens is 1. The van der Waals surface area contributed by atoms with Crippen molar-refractivity contribution in [2.24, 2.45) is 0 Å². The van der Waals surface area contributed by atoms with Crippen molar-refractivity contribution >= 4 is 16.9 Å². The number of aryl methyl sites for hydroxylation is 3. The predicted molar refractivity (Wildman–Crippen MR) is 70.1 cm³/mol. The lowest BCUT2D eigenvalue weighted by molar-refractivity contribution is -0.136. The van der Waals surface area contributed by atoms with Crippen molar-refractivity contribution in [1.29, 1.82) is 0 Å². The highest BCUT2D eigenvalue weighted by Crippen LogP contribution is 2.24. The molecular formula is C14H15NO3. The lowest BCUT2D eigenvalue weighted by Crippen LogP contribution is -2.19. The fraction of sp³-hybridized carbons (Fsp3) is 0.286. The van der Waals surface area contributed by atoms with Gasteiger partial charge in [-0.2, -0.15) is 0 Å². The number of fused-ring (bicyclic) bond motifs is 1. The molecule has 0 atom stereocenters. The Morgan fingerprint density at radius 3 is 2.44 bits per heavy atom. The van der Waals surface area contributed by atoms with Crippen LogP contribution in [0.25, 0.3) is 10.9 Å². The number of rotatable bonds is 2. The molecule has 0 amide bonds. The zero-order valence-corrected chi connectivity index (χ0v) is 10.6. The van der Waals surface area contributed by atoms with Crippen molar-refractivity contribution in [2.75, 3.05) is 0 Å². The Morgan fingerprint density at radius 2 is 1.83 bits per heavy atom. The third-order valence-corrected chi connectivity index (χ3v) is 3.29. The summed E-state index contributed by atoms with van der Waals surface area (Å²) in [6.45, 7) is 5.69. The fourth-order valence-electron chi connectivity index (χ4n) is 2.33. The SMILES string of the molecule is Cc1ccc(C)c2c(C)c(CC(=O)O)c(=O)[nH]c12. The van der Waals surface area contributed by atoms with E-state index in [0.29, 0.717) is 5.56 Å². The molecule has 1 heterocycles. The van der Waals surface area contributed by atoms with E-state index in [2.05, 4.69) is 4.98 Å². The zero-order chi connectivity index (χ0) is 13.4. The van der Waals surface area contributed by atoms with E-state index in [1.165, 1.54) is 0 Å². The molecule has 2 aromatic rings. The average Bonchev–Trinajstić information content (AvgIpc) is 2.28. The van der Waals surface area contributed by atoms with Crippen LogP contribution in [0.1, 0.15) is 22.3 Å². The fourth-order valence-corrected chi connectivity index (χ4v) is 2.33. The van der Waals surface area contributed by atoms with Gasteiger partial charge in [-0.1, -0.05) is 12.1 Å². The second-order valence-electron chi connectivity index (χ2n) is 4.58. The first-order valence-corrected chi connectivity index (χ1v) is 5.75. The van der Waals surface area contributed by atoms with Gasteiger partial charge in [0.15, 0.2) is 0 Å². The minimum Gasteiger partial charge on any atom is -0.481 e. The maximum absolute atomic E-state index is 11.9. The van der Waals surface area contributed by atoms with E-state index in [9.17, 15) is 9.59 Å². The number of hydrogen-bond donors (Lipinski definition) is 2. The highest BCUT2D eigenvalue weighted by molar-refractivity contribution is 5.89. The van der Waals surface area contributed by atoms with E-state index in [1.807, 2.05) is 32.9 Å². The molecule has 94 valence electrons. The van der Waals surface area contributed by atoms with E-state index in [0.717, 1.165) is 27.6 Å². The summed E-state index contributed by atoms with van der Waals surface area (Å²) in [5.74, 6) is -0.992. The maximum Gasteiger partial charge on any atom is 0.308 e. The zero-order valence-electron chi connectivity index (χ0n) is 10.6. The van der Waals surface area contributed by atoms with Gasteiger partial charge in [-0.05, 0) is 37.5 Å². The number of pyridine rings is 1. The number of carboxylic acid groups (broad SMARTS) is 1. The molecule has 0 radical (unpaired) electrons. The van der Waals surface area contributed by atoms with E-state index < -0.39 is 5.97 Å². The standard InChI is InChI=1S/C14H15NO3/c1-7-4-5-8(2)13-12(7)9(3)10(6-11(16)17)14(18)15-13/h4-5H,6H2,1-3H3,(H,15,18)(H,16,17). The van der Waals surface area contributed by atoms with Crippen LogP contribution >= 0.6 is 0 Å². The van der Waals surface area contributed by atoms with Crippen molar-refractivity contribution < 1.29 is 9.90 Å². The van der Waals surface area contributed by atoms with Gasteiger partial charge in [-0.3, -0.25) is 9.59 Å². The minimum absolute atomic E-state index is 0.246. The Hall–Kier alpha value is -2.10. The molecule has 1 aromatic heterocycles. The van der Waals surface area contributed by atoms with Gasteiger partial charge in [0, 0.05) is 10.9 Å². The first-order valence-electron chi connectivity index (χ1n) is 5.75. The summed E-state index contributed by atoms with van der Waals surface area (Å²) in [5, 5.41) is 9.81. The first kappa shape index (κ1) is 12.4. The average molecular weight is 245 g/mol. The van der Waals surface area contributed by atoms with Crippen LogP contribution in [0.5, 0.6) is 0 Å². The molecule has 2 rings (SSSR count). The minimum atomic E-state index is -0.992. The normalized spacial score (nSPS) is 10.8. The Labute approximate surface area is 104 Å². The van der Waals surface area contributed by atoms with Crippen LogP contribution < -0.4 is 5.56 Å². The summed E-state index contributed by atoms with van der Waals surface area (Å²) >= 11 is 0. The van der Waals surface area contributed by atoms with Gasteiger partial charge in [-0.15, -0.1) is 0 Å². The number of carboxylic acids is 1. The predicted octanol–water partition coefficient (Wildman–Crippen LogP) is 2.08. The van der Waals surface area contributed by atoms with Crippen LogP contribution in [0.4, 0.5) is 0 Å². The summed E-state index contributed by atoms with van der Waals surface area (Å²) in [6.07, 6.45) is -0.246. The number of benzene rings is 1. The van der Waals surface area contributed by atoms with Gasteiger partial charge in [0.05, 0.1) is 11.9 Å². The quantitative estimate of drug-likeness (QED) is 0.851. The molecule has 0 saturated heterocycles. The van der Waals surface area contributed by atoms with Crippen LogP contribution in [0, 0.1) is 20.8 Å². The molecule has 0 aliphatic carbocycles. The van der Waals surface area contributed by atoms with Crippen molar-refractivity contribution in [3.63, 3.8) is 0 Å². The van der Waals surface area contributed by atoms with Gasteiger partial charge >= 0.3 is 5.97 Å². The van der Waals surface area contributed by atoms with Crippen molar-refractivity contribution in [1.82, 2.24) is 4.98 Å². The first-order chi connectivity index (χ1) is 8.41. The lowest BCUT2D eigenvalue weighted by atomic mass is 9.97. The Kier molecular flexibility index (Phi) is 2.95. The van der Waals surface area contributed by atoms with Gasteiger partial charge in [0.1, 0.15) is 0 Å². The third kappa shape index (κ3) is 1.90. The highest BCUT2D eigenvalue weighted by Gasteiger charge is 2.14. The highest BCUT2D eigenvalue weighted by atomic mass is 16.4. The summed E-state index contributed by atoms with van der Waals surface area (Å²) in [5.41, 5.74) is 3.61. The number of carbonyl (C=O) groups is 1. The Morgan fingerprint density at radius 1 is 1.22 bits per heavy atom. The molecule has 0 aliphatic heterocycles. The van der Waals surface area contributed by atoms with Gasteiger partial charge in [0.25, 0.3) is 5.56 Å². The van der Waals surface area contributed by atoms with Crippen molar-refractivity contribution in [3.8, 4) is 0 Å². The summed E-state index contributed by atoms with van der Waals surface area (Å²) in [7, 11) is 0. The molecule has 4 nitrogen and oxygen atoms in total. The van der Waals surface area contributed by atoms with Crippen LogP contribution in [-0.2, 0) is 11.2 Å². The molecular weight excluding hydrogens is 230 g/mol. The molecule has 1 aromatic carbocycles.